The lowest BCUT2D eigenvalue weighted by molar-refractivity contribution is -0.0509. The third kappa shape index (κ3) is 2.23. The van der Waals surface area contributed by atoms with Crippen LogP contribution in [0, 0.1) is 3.57 Å². The highest BCUT2D eigenvalue weighted by molar-refractivity contribution is 14.1. The maximum Gasteiger partial charge on any atom is 0.262 e. The Morgan fingerprint density at radius 1 is 1.48 bits per heavy atom. The van der Waals surface area contributed by atoms with Crippen molar-refractivity contribution in [2.75, 3.05) is 12.3 Å². The molecular weight excluding hydrogens is 395 g/mol. The van der Waals surface area contributed by atoms with E-state index in [1.54, 1.807) is 6.20 Å². The van der Waals surface area contributed by atoms with Gasteiger partial charge in [-0.1, -0.05) is 0 Å². The SMILES string of the molecule is Nc1nc2c(c(I)cn2[C@H]2O[C@@H](CO)[C@H](O)[C@@H]2O)c(=O)[nH]1. The first kappa shape index (κ1) is 14.7. The Bertz CT molecular complexity index is 744. The third-order valence-electron chi connectivity index (χ3n) is 3.45. The standard InChI is InChI=1S/C11H13IN4O5/c12-3-1-16(8-5(3)9(20)15-11(13)14-8)10-7(19)6(18)4(2-17)21-10/h1,4,6-7,10,17-19H,2H2,(H3,13,14,15,20)/t4-,6-,7-,10-/m0/s1. The van der Waals surface area contributed by atoms with Gasteiger partial charge < -0.3 is 30.4 Å². The molecule has 0 saturated carbocycles. The summed E-state index contributed by atoms with van der Waals surface area (Å²) in [4.78, 5) is 18.4. The first-order valence-corrected chi connectivity index (χ1v) is 7.20. The number of nitrogens with zero attached hydrogens (tertiary/aromatic N) is 2. The summed E-state index contributed by atoms with van der Waals surface area (Å²) in [6.45, 7) is -0.429. The highest BCUT2D eigenvalue weighted by Gasteiger charge is 2.44. The second-order valence-corrected chi connectivity index (χ2v) is 5.93. The number of hydrogen-bond donors (Lipinski definition) is 5. The van der Waals surface area contributed by atoms with E-state index in [0.29, 0.717) is 8.96 Å². The van der Waals surface area contributed by atoms with Gasteiger partial charge in [-0.3, -0.25) is 9.78 Å². The molecule has 3 heterocycles. The van der Waals surface area contributed by atoms with Crippen LogP contribution in [0.1, 0.15) is 6.23 Å². The van der Waals surface area contributed by atoms with Crippen molar-refractivity contribution in [1.29, 1.82) is 0 Å². The molecule has 0 aliphatic carbocycles. The van der Waals surface area contributed by atoms with E-state index in [9.17, 15) is 15.0 Å². The Kier molecular flexibility index (Phi) is 3.65. The number of aliphatic hydroxyl groups is 3. The number of aliphatic hydroxyl groups excluding tert-OH is 3. The zero-order chi connectivity index (χ0) is 15.3. The van der Waals surface area contributed by atoms with E-state index in [1.807, 2.05) is 22.6 Å². The summed E-state index contributed by atoms with van der Waals surface area (Å²) in [5.41, 5.74) is 5.39. The fourth-order valence-electron chi connectivity index (χ4n) is 2.43. The zero-order valence-electron chi connectivity index (χ0n) is 10.6. The Morgan fingerprint density at radius 2 is 2.19 bits per heavy atom. The van der Waals surface area contributed by atoms with Crippen molar-refractivity contribution >= 4 is 39.6 Å². The zero-order valence-corrected chi connectivity index (χ0v) is 12.8. The van der Waals surface area contributed by atoms with Crippen molar-refractivity contribution in [3.05, 3.63) is 20.1 Å². The molecule has 1 aliphatic heterocycles. The predicted molar refractivity (Wildman–Crippen MR) is 80.5 cm³/mol. The van der Waals surface area contributed by atoms with Crippen LogP contribution >= 0.6 is 22.6 Å². The van der Waals surface area contributed by atoms with Crippen LogP contribution in [0.25, 0.3) is 11.0 Å². The first-order valence-electron chi connectivity index (χ1n) is 6.12. The summed E-state index contributed by atoms with van der Waals surface area (Å²) >= 11 is 1.96. The average molecular weight is 408 g/mol. The molecule has 1 fully saturated rings. The Hall–Kier alpha value is -1.21. The van der Waals surface area contributed by atoms with Gasteiger partial charge in [0.15, 0.2) is 11.9 Å². The third-order valence-corrected chi connectivity index (χ3v) is 4.26. The maximum atomic E-state index is 11.9. The summed E-state index contributed by atoms with van der Waals surface area (Å²) in [6.07, 6.45) is -2.77. The molecule has 3 rings (SSSR count). The number of aromatic amines is 1. The van der Waals surface area contributed by atoms with Crippen LogP contribution in [0.3, 0.4) is 0 Å². The molecule has 0 spiro atoms. The number of halogens is 1. The van der Waals surface area contributed by atoms with E-state index in [-0.39, 0.29) is 11.6 Å². The van der Waals surface area contributed by atoms with E-state index in [0.717, 1.165) is 0 Å². The number of hydrogen-bond acceptors (Lipinski definition) is 7. The molecule has 4 atom stereocenters. The molecule has 114 valence electrons. The molecule has 0 unspecified atom stereocenters. The highest BCUT2D eigenvalue weighted by Crippen LogP contribution is 2.32. The normalized spacial score (nSPS) is 29.3. The monoisotopic (exact) mass is 408 g/mol. The fourth-order valence-corrected chi connectivity index (χ4v) is 3.22. The second-order valence-electron chi connectivity index (χ2n) is 4.76. The van der Waals surface area contributed by atoms with E-state index < -0.39 is 36.7 Å². The molecule has 1 saturated heterocycles. The summed E-state index contributed by atoms with van der Waals surface area (Å²) in [6, 6.07) is 0. The number of rotatable bonds is 2. The number of fused-ring (bicyclic) bond motifs is 1. The molecule has 9 nitrogen and oxygen atoms in total. The Morgan fingerprint density at radius 3 is 2.81 bits per heavy atom. The summed E-state index contributed by atoms with van der Waals surface area (Å²) < 4.78 is 7.48. The molecule has 2 aromatic rings. The van der Waals surface area contributed by atoms with E-state index in [1.165, 1.54) is 4.57 Å². The number of nitrogen functional groups attached to an aromatic ring is 1. The first-order chi connectivity index (χ1) is 9.93. The van der Waals surface area contributed by atoms with Crippen LogP contribution < -0.4 is 11.3 Å². The Balaban J connectivity index is 2.16. The van der Waals surface area contributed by atoms with Gasteiger partial charge in [0.2, 0.25) is 5.95 Å². The van der Waals surface area contributed by atoms with Crippen molar-refractivity contribution in [2.45, 2.75) is 24.5 Å². The number of H-pyrrole nitrogens is 1. The van der Waals surface area contributed by atoms with Crippen molar-refractivity contribution in [3.63, 3.8) is 0 Å². The van der Waals surface area contributed by atoms with Crippen LogP contribution in [-0.2, 0) is 4.74 Å². The van der Waals surface area contributed by atoms with E-state index in [2.05, 4.69) is 9.97 Å². The van der Waals surface area contributed by atoms with Gasteiger partial charge in [0.25, 0.3) is 5.56 Å². The van der Waals surface area contributed by atoms with Crippen molar-refractivity contribution in [2.24, 2.45) is 0 Å². The lowest BCUT2D eigenvalue weighted by Gasteiger charge is -2.17. The van der Waals surface area contributed by atoms with Gasteiger partial charge in [-0.15, -0.1) is 0 Å². The van der Waals surface area contributed by atoms with Gasteiger partial charge >= 0.3 is 0 Å². The Labute approximate surface area is 131 Å². The topological polar surface area (TPSA) is 147 Å². The minimum absolute atomic E-state index is 0.0602. The fraction of sp³-hybridized carbons (Fsp3) is 0.455. The number of nitrogens with one attached hydrogen (secondary N) is 1. The average Bonchev–Trinajstić information content (AvgIpc) is 2.89. The van der Waals surface area contributed by atoms with E-state index >= 15 is 0 Å². The highest BCUT2D eigenvalue weighted by atomic mass is 127. The van der Waals surface area contributed by atoms with Gasteiger partial charge in [-0.25, -0.2) is 0 Å². The molecule has 0 amide bonds. The summed E-state index contributed by atoms with van der Waals surface area (Å²) in [5.74, 6) is -0.0602. The molecule has 0 bridgehead atoms. The number of aromatic nitrogens is 3. The van der Waals surface area contributed by atoms with Gasteiger partial charge in [-0.05, 0) is 22.6 Å². The van der Waals surface area contributed by atoms with Gasteiger partial charge in [0.05, 0.1) is 12.0 Å². The van der Waals surface area contributed by atoms with Crippen LogP contribution in [-0.4, -0.2) is 54.8 Å². The minimum Gasteiger partial charge on any atom is -0.394 e. The molecule has 10 heteroatoms. The number of ether oxygens (including phenoxy) is 1. The van der Waals surface area contributed by atoms with Crippen LogP contribution in [0.5, 0.6) is 0 Å². The molecule has 1 aliphatic rings. The van der Waals surface area contributed by atoms with Crippen LogP contribution in [0.2, 0.25) is 0 Å². The maximum absolute atomic E-state index is 11.9. The molecule has 0 aromatic carbocycles. The molecule has 0 radical (unpaired) electrons. The second kappa shape index (κ2) is 5.21. The van der Waals surface area contributed by atoms with Crippen molar-refractivity contribution < 1.29 is 20.1 Å². The number of anilines is 1. The van der Waals surface area contributed by atoms with Gasteiger partial charge in [-0.2, -0.15) is 4.98 Å². The molecule has 6 N–H and O–H groups in total. The van der Waals surface area contributed by atoms with E-state index in [4.69, 9.17) is 15.6 Å². The van der Waals surface area contributed by atoms with Gasteiger partial charge in [0.1, 0.15) is 18.3 Å². The van der Waals surface area contributed by atoms with Crippen molar-refractivity contribution in [1.82, 2.24) is 14.5 Å². The molecular formula is C11H13IN4O5. The van der Waals surface area contributed by atoms with Crippen molar-refractivity contribution in [3.8, 4) is 0 Å². The molecule has 2 aromatic heterocycles. The van der Waals surface area contributed by atoms with Crippen LogP contribution in [0.4, 0.5) is 5.95 Å². The number of nitrogens with two attached hydrogens (primary N) is 1. The lowest BCUT2D eigenvalue weighted by atomic mass is 10.1. The largest absolute Gasteiger partial charge is 0.394 e. The van der Waals surface area contributed by atoms with Crippen LogP contribution in [0.15, 0.2) is 11.0 Å². The quantitative estimate of drug-likeness (QED) is 0.381. The lowest BCUT2D eigenvalue weighted by Crippen LogP contribution is -2.33. The summed E-state index contributed by atoms with van der Waals surface area (Å²) in [7, 11) is 0. The summed E-state index contributed by atoms with van der Waals surface area (Å²) in [5, 5.41) is 29.3. The predicted octanol–water partition coefficient (Wildman–Crippen LogP) is -1.48. The smallest absolute Gasteiger partial charge is 0.262 e. The van der Waals surface area contributed by atoms with Gasteiger partial charge in [0, 0.05) is 9.77 Å². The minimum atomic E-state index is -1.25. The molecule has 21 heavy (non-hydrogen) atoms.